The predicted octanol–water partition coefficient (Wildman–Crippen LogP) is 1.45. The minimum absolute atomic E-state index is 0.242. The molecule has 6 heteroatoms. The number of rotatable bonds is 3. The number of ether oxygens (including phenoxy) is 1. The maximum absolute atomic E-state index is 12.6. The summed E-state index contributed by atoms with van der Waals surface area (Å²) in [5, 5.41) is 4.41. The molecule has 1 aromatic carbocycles. The molecule has 0 bridgehead atoms. The number of carbonyl (C=O) groups is 1. The minimum Gasteiger partial charge on any atom is -0.467 e. The summed E-state index contributed by atoms with van der Waals surface area (Å²) in [5.74, 6) is 0.290. The lowest BCUT2D eigenvalue weighted by atomic mass is 10.1. The molecular weight excluding hydrogens is 282 g/mol. The van der Waals surface area contributed by atoms with Crippen LogP contribution in [0.5, 0.6) is 0 Å². The Labute approximate surface area is 128 Å². The van der Waals surface area contributed by atoms with E-state index in [1.165, 1.54) is 16.4 Å². The third-order valence-corrected chi connectivity index (χ3v) is 4.19. The molecule has 0 amide bonds. The average molecular weight is 301 g/mol. The van der Waals surface area contributed by atoms with Gasteiger partial charge >= 0.3 is 11.7 Å². The molecular formula is C16H19N3O3. The maximum atomic E-state index is 12.6. The van der Waals surface area contributed by atoms with E-state index in [1.54, 1.807) is 0 Å². The predicted molar refractivity (Wildman–Crippen MR) is 80.8 cm³/mol. The van der Waals surface area contributed by atoms with Gasteiger partial charge in [0.05, 0.1) is 13.7 Å². The van der Waals surface area contributed by atoms with Gasteiger partial charge in [0.25, 0.3) is 0 Å². The highest BCUT2D eigenvalue weighted by atomic mass is 16.5. The SMILES string of the molecule is COC(=O)C1CCCc2nn(Cc3ccccc3C)c(=O)n21. The Morgan fingerprint density at radius 1 is 1.41 bits per heavy atom. The van der Waals surface area contributed by atoms with Crippen molar-refractivity contribution in [1.82, 2.24) is 14.3 Å². The summed E-state index contributed by atoms with van der Waals surface area (Å²) in [7, 11) is 1.35. The molecule has 0 aliphatic carbocycles. The van der Waals surface area contributed by atoms with Crippen molar-refractivity contribution < 1.29 is 9.53 Å². The Balaban J connectivity index is 1.99. The Bertz CT molecular complexity index is 760. The molecule has 0 spiro atoms. The van der Waals surface area contributed by atoms with Crippen LogP contribution in [0, 0.1) is 6.92 Å². The zero-order valence-electron chi connectivity index (χ0n) is 12.8. The number of hydrogen-bond acceptors (Lipinski definition) is 4. The normalized spacial score (nSPS) is 17.1. The van der Waals surface area contributed by atoms with E-state index in [9.17, 15) is 9.59 Å². The summed E-state index contributed by atoms with van der Waals surface area (Å²) in [6.07, 6.45) is 2.17. The van der Waals surface area contributed by atoms with Gasteiger partial charge in [-0.05, 0) is 30.9 Å². The first-order valence-electron chi connectivity index (χ1n) is 7.42. The van der Waals surface area contributed by atoms with Crippen LogP contribution in [-0.2, 0) is 22.5 Å². The highest BCUT2D eigenvalue weighted by molar-refractivity contribution is 5.74. The van der Waals surface area contributed by atoms with E-state index in [1.807, 2.05) is 31.2 Å². The minimum atomic E-state index is -0.549. The molecule has 2 heterocycles. The lowest BCUT2D eigenvalue weighted by Gasteiger charge is -2.20. The Kier molecular flexibility index (Phi) is 3.83. The number of aryl methyl sites for hydroxylation is 2. The number of benzene rings is 1. The zero-order chi connectivity index (χ0) is 15.7. The number of esters is 1. The van der Waals surface area contributed by atoms with Gasteiger partial charge in [0.2, 0.25) is 0 Å². The second-order valence-electron chi connectivity index (χ2n) is 5.58. The van der Waals surface area contributed by atoms with Gasteiger partial charge in [-0.1, -0.05) is 24.3 Å². The molecule has 1 atom stereocenters. The van der Waals surface area contributed by atoms with Crippen LogP contribution in [0.3, 0.4) is 0 Å². The molecule has 0 N–H and O–H groups in total. The number of hydrogen-bond donors (Lipinski definition) is 0. The van der Waals surface area contributed by atoms with Crippen molar-refractivity contribution in [2.45, 2.75) is 38.8 Å². The quantitative estimate of drug-likeness (QED) is 0.805. The summed E-state index contributed by atoms with van der Waals surface area (Å²) >= 11 is 0. The van der Waals surface area contributed by atoms with Gasteiger partial charge < -0.3 is 4.74 Å². The van der Waals surface area contributed by atoms with Crippen molar-refractivity contribution in [3.63, 3.8) is 0 Å². The van der Waals surface area contributed by atoms with Crippen molar-refractivity contribution in [2.24, 2.45) is 0 Å². The molecule has 116 valence electrons. The maximum Gasteiger partial charge on any atom is 0.347 e. The summed E-state index contributed by atoms with van der Waals surface area (Å²) in [4.78, 5) is 24.5. The smallest absolute Gasteiger partial charge is 0.347 e. The standard InChI is InChI=1S/C16H19N3O3/c1-11-6-3-4-7-12(11)10-18-16(21)19-13(15(20)22-2)8-5-9-14(19)17-18/h3-4,6-7,13H,5,8-10H2,1-2H3. The van der Waals surface area contributed by atoms with Gasteiger partial charge in [-0.25, -0.2) is 14.3 Å². The third-order valence-electron chi connectivity index (χ3n) is 4.19. The zero-order valence-corrected chi connectivity index (χ0v) is 12.8. The summed E-state index contributed by atoms with van der Waals surface area (Å²) < 4.78 is 7.75. The molecule has 6 nitrogen and oxygen atoms in total. The third kappa shape index (κ3) is 2.45. The van der Waals surface area contributed by atoms with E-state index in [0.29, 0.717) is 25.2 Å². The van der Waals surface area contributed by atoms with Crippen LogP contribution in [0.4, 0.5) is 0 Å². The number of aromatic nitrogens is 3. The Hall–Kier alpha value is -2.37. The summed E-state index contributed by atoms with van der Waals surface area (Å²) in [6.45, 7) is 2.42. The monoisotopic (exact) mass is 301 g/mol. The van der Waals surface area contributed by atoms with Gasteiger partial charge in [0.15, 0.2) is 0 Å². The molecule has 0 radical (unpaired) electrons. The molecule has 2 aromatic rings. The first-order valence-corrected chi connectivity index (χ1v) is 7.42. The van der Waals surface area contributed by atoms with Crippen molar-refractivity contribution >= 4 is 5.97 Å². The Morgan fingerprint density at radius 2 is 2.18 bits per heavy atom. The van der Waals surface area contributed by atoms with Gasteiger partial charge in [-0.15, -0.1) is 0 Å². The lowest BCUT2D eigenvalue weighted by Crippen LogP contribution is -2.35. The molecule has 1 aliphatic heterocycles. The molecule has 1 aliphatic rings. The highest BCUT2D eigenvalue weighted by Gasteiger charge is 2.31. The van der Waals surface area contributed by atoms with Crippen LogP contribution in [0.15, 0.2) is 29.1 Å². The fourth-order valence-corrected chi connectivity index (χ4v) is 2.94. The van der Waals surface area contributed by atoms with Crippen LogP contribution in [0.2, 0.25) is 0 Å². The molecule has 0 saturated heterocycles. The molecule has 0 fully saturated rings. The van der Waals surface area contributed by atoms with Crippen LogP contribution in [0.25, 0.3) is 0 Å². The first kappa shape index (κ1) is 14.6. The van der Waals surface area contributed by atoms with Crippen molar-refractivity contribution in [1.29, 1.82) is 0 Å². The summed E-state index contributed by atoms with van der Waals surface area (Å²) in [6, 6.07) is 7.35. The van der Waals surface area contributed by atoms with Crippen molar-refractivity contribution in [3.8, 4) is 0 Å². The van der Waals surface area contributed by atoms with E-state index in [0.717, 1.165) is 17.5 Å². The van der Waals surface area contributed by atoms with E-state index >= 15 is 0 Å². The highest BCUT2D eigenvalue weighted by Crippen LogP contribution is 2.23. The van der Waals surface area contributed by atoms with Crippen molar-refractivity contribution in [3.05, 3.63) is 51.7 Å². The topological polar surface area (TPSA) is 66.1 Å². The first-order chi connectivity index (χ1) is 10.6. The second kappa shape index (κ2) is 5.79. The van der Waals surface area contributed by atoms with E-state index < -0.39 is 6.04 Å². The number of methoxy groups -OCH3 is 1. The summed E-state index contributed by atoms with van der Waals surface area (Å²) in [5.41, 5.74) is 1.92. The van der Waals surface area contributed by atoms with Gasteiger partial charge in [0, 0.05) is 6.42 Å². The lowest BCUT2D eigenvalue weighted by molar-refractivity contribution is -0.145. The van der Waals surface area contributed by atoms with E-state index in [4.69, 9.17) is 4.74 Å². The molecule has 1 unspecified atom stereocenters. The van der Waals surface area contributed by atoms with Gasteiger partial charge in [-0.2, -0.15) is 5.10 Å². The largest absolute Gasteiger partial charge is 0.467 e. The number of nitrogens with zero attached hydrogens (tertiary/aromatic N) is 3. The van der Waals surface area contributed by atoms with Crippen LogP contribution < -0.4 is 5.69 Å². The Morgan fingerprint density at radius 3 is 2.91 bits per heavy atom. The fraction of sp³-hybridized carbons (Fsp3) is 0.438. The van der Waals surface area contributed by atoms with Crippen LogP contribution in [0.1, 0.15) is 35.8 Å². The number of fused-ring (bicyclic) bond motifs is 1. The number of carbonyl (C=O) groups excluding carboxylic acids is 1. The van der Waals surface area contributed by atoms with Crippen LogP contribution >= 0.6 is 0 Å². The van der Waals surface area contributed by atoms with Gasteiger partial charge in [0.1, 0.15) is 11.9 Å². The van der Waals surface area contributed by atoms with Crippen molar-refractivity contribution in [2.75, 3.05) is 7.11 Å². The molecule has 22 heavy (non-hydrogen) atoms. The second-order valence-corrected chi connectivity index (χ2v) is 5.58. The molecule has 0 saturated carbocycles. The van der Waals surface area contributed by atoms with Crippen LogP contribution in [-0.4, -0.2) is 27.4 Å². The molecule has 1 aromatic heterocycles. The fourth-order valence-electron chi connectivity index (χ4n) is 2.94. The average Bonchev–Trinajstić information content (AvgIpc) is 2.85. The van der Waals surface area contributed by atoms with E-state index in [-0.39, 0.29) is 11.7 Å². The van der Waals surface area contributed by atoms with E-state index in [2.05, 4.69) is 5.10 Å². The molecule has 3 rings (SSSR count). The van der Waals surface area contributed by atoms with Gasteiger partial charge in [-0.3, -0.25) is 4.57 Å².